The Labute approximate surface area is 121 Å². The summed E-state index contributed by atoms with van der Waals surface area (Å²) >= 11 is 0. The summed E-state index contributed by atoms with van der Waals surface area (Å²) in [5.74, 6) is -0.111. The van der Waals surface area contributed by atoms with Crippen molar-refractivity contribution in [2.75, 3.05) is 6.61 Å². The summed E-state index contributed by atoms with van der Waals surface area (Å²) in [4.78, 5) is 26.3. The maximum Gasteiger partial charge on any atom is 0.347 e. The van der Waals surface area contributed by atoms with E-state index in [1.54, 1.807) is 25.1 Å². The van der Waals surface area contributed by atoms with Gasteiger partial charge in [-0.1, -0.05) is 5.11 Å². The molecule has 0 radical (unpaired) electrons. The standard InChI is InChI=1S/C14H15N3O4/c1-3-20-14(19)12-7-10-6-9(4-5-11(10)21-12)13(18)8(2)16-17-15/h4-6,8,12H,3,7H2,1-2H3. The summed E-state index contributed by atoms with van der Waals surface area (Å²) in [6, 6.07) is 4.14. The molecule has 1 heterocycles. The Morgan fingerprint density at radius 3 is 3.00 bits per heavy atom. The minimum atomic E-state index is -0.767. The zero-order valence-electron chi connectivity index (χ0n) is 11.8. The van der Waals surface area contributed by atoms with E-state index < -0.39 is 18.1 Å². The molecule has 2 unspecified atom stereocenters. The molecule has 2 rings (SSSR count). The highest BCUT2D eigenvalue weighted by Gasteiger charge is 2.31. The summed E-state index contributed by atoms with van der Waals surface area (Å²) < 4.78 is 10.4. The third kappa shape index (κ3) is 3.14. The second-order valence-corrected chi connectivity index (χ2v) is 4.63. The van der Waals surface area contributed by atoms with Gasteiger partial charge in [0.1, 0.15) is 5.75 Å². The first-order chi connectivity index (χ1) is 10.1. The molecule has 0 aliphatic carbocycles. The highest BCUT2D eigenvalue weighted by atomic mass is 16.6. The number of nitrogens with zero attached hydrogens (tertiary/aromatic N) is 3. The molecule has 7 heteroatoms. The highest BCUT2D eigenvalue weighted by molar-refractivity contribution is 6.00. The van der Waals surface area contributed by atoms with Crippen molar-refractivity contribution in [3.8, 4) is 5.75 Å². The number of hydrogen-bond donors (Lipinski definition) is 0. The first kappa shape index (κ1) is 14.9. The molecule has 1 aromatic carbocycles. The van der Waals surface area contributed by atoms with Crippen LogP contribution in [-0.4, -0.2) is 30.5 Å². The first-order valence-electron chi connectivity index (χ1n) is 6.61. The van der Waals surface area contributed by atoms with Crippen LogP contribution in [0, 0.1) is 0 Å². The first-order valence-corrected chi connectivity index (χ1v) is 6.61. The third-order valence-electron chi connectivity index (χ3n) is 3.17. The van der Waals surface area contributed by atoms with E-state index in [4.69, 9.17) is 15.0 Å². The molecule has 2 atom stereocenters. The number of hydrogen-bond acceptors (Lipinski definition) is 5. The Bertz CT molecular complexity index is 623. The maximum atomic E-state index is 12.1. The quantitative estimate of drug-likeness (QED) is 0.273. The Morgan fingerprint density at radius 2 is 2.33 bits per heavy atom. The molecule has 0 N–H and O–H groups in total. The van der Waals surface area contributed by atoms with E-state index in [0.717, 1.165) is 5.56 Å². The molecule has 1 aliphatic rings. The summed E-state index contributed by atoms with van der Waals surface area (Å²) in [5, 5.41) is 3.39. The number of benzene rings is 1. The van der Waals surface area contributed by atoms with Crippen LogP contribution in [0.4, 0.5) is 0 Å². The number of ether oxygens (including phenoxy) is 2. The van der Waals surface area contributed by atoms with Gasteiger partial charge in [-0.05, 0) is 43.1 Å². The lowest BCUT2D eigenvalue weighted by Gasteiger charge is -2.08. The van der Waals surface area contributed by atoms with Crippen molar-refractivity contribution in [3.63, 3.8) is 0 Å². The van der Waals surface area contributed by atoms with Gasteiger partial charge in [-0.2, -0.15) is 0 Å². The van der Waals surface area contributed by atoms with Gasteiger partial charge in [0.15, 0.2) is 11.9 Å². The van der Waals surface area contributed by atoms with E-state index in [0.29, 0.717) is 24.3 Å². The van der Waals surface area contributed by atoms with Crippen molar-refractivity contribution < 1.29 is 19.1 Å². The summed E-state index contributed by atoms with van der Waals surface area (Å²) in [7, 11) is 0. The summed E-state index contributed by atoms with van der Waals surface area (Å²) in [6.45, 7) is 3.56. The normalized spacial score (nSPS) is 17.1. The van der Waals surface area contributed by atoms with Gasteiger partial charge in [-0.15, -0.1) is 0 Å². The summed E-state index contributed by atoms with van der Waals surface area (Å²) in [6.07, 6.45) is -0.301. The van der Waals surface area contributed by atoms with Crippen molar-refractivity contribution >= 4 is 11.8 Å². The van der Waals surface area contributed by atoms with Gasteiger partial charge in [0.25, 0.3) is 0 Å². The zero-order valence-corrected chi connectivity index (χ0v) is 11.8. The highest BCUT2D eigenvalue weighted by Crippen LogP contribution is 2.30. The second-order valence-electron chi connectivity index (χ2n) is 4.63. The minimum absolute atomic E-state index is 0.268. The van der Waals surface area contributed by atoms with Crippen LogP contribution in [-0.2, 0) is 16.0 Å². The molecule has 21 heavy (non-hydrogen) atoms. The van der Waals surface area contributed by atoms with Gasteiger partial charge in [0.05, 0.1) is 12.6 Å². The Morgan fingerprint density at radius 1 is 1.57 bits per heavy atom. The number of fused-ring (bicyclic) bond motifs is 1. The van der Waals surface area contributed by atoms with Crippen LogP contribution in [0.2, 0.25) is 0 Å². The zero-order chi connectivity index (χ0) is 15.4. The average Bonchev–Trinajstić information content (AvgIpc) is 2.90. The van der Waals surface area contributed by atoms with Crippen LogP contribution >= 0.6 is 0 Å². The van der Waals surface area contributed by atoms with E-state index in [1.807, 2.05) is 0 Å². The average molecular weight is 289 g/mol. The predicted molar refractivity (Wildman–Crippen MR) is 74.1 cm³/mol. The van der Waals surface area contributed by atoms with Crippen molar-refractivity contribution in [2.24, 2.45) is 5.11 Å². The Hall–Kier alpha value is -2.53. The van der Waals surface area contributed by atoms with E-state index >= 15 is 0 Å². The van der Waals surface area contributed by atoms with Crippen molar-refractivity contribution in [1.29, 1.82) is 0 Å². The monoisotopic (exact) mass is 289 g/mol. The number of carbonyl (C=O) groups excluding carboxylic acids is 2. The van der Waals surface area contributed by atoms with E-state index in [9.17, 15) is 9.59 Å². The maximum absolute atomic E-state index is 12.1. The van der Waals surface area contributed by atoms with Crippen LogP contribution < -0.4 is 4.74 Å². The van der Waals surface area contributed by atoms with Gasteiger partial charge < -0.3 is 9.47 Å². The summed E-state index contributed by atoms with van der Waals surface area (Å²) in [5.41, 5.74) is 9.57. The Balaban J connectivity index is 2.16. The third-order valence-corrected chi connectivity index (χ3v) is 3.17. The molecule has 0 amide bonds. The molecular formula is C14H15N3O4. The molecule has 7 nitrogen and oxygen atoms in total. The van der Waals surface area contributed by atoms with Crippen molar-refractivity contribution in [3.05, 3.63) is 39.8 Å². The molecule has 0 saturated heterocycles. The van der Waals surface area contributed by atoms with Gasteiger partial charge in [-0.25, -0.2) is 4.79 Å². The van der Waals surface area contributed by atoms with Gasteiger partial charge in [0.2, 0.25) is 0 Å². The largest absolute Gasteiger partial charge is 0.478 e. The topological polar surface area (TPSA) is 101 Å². The molecule has 0 saturated carbocycles. The molecule has 0 fully saturated rings. The lowest BCUT2D eigenvalue weighted by atomic mass is 10.0. The molecule has 0 bridgehead atoms. The number of carbonyl (C=O) groups is 2. The fraction of sp³-hybridized carbons (Fsp3) is 0.429. The van der Waals surface area contributed by atoms with Gasteiger partial charge >= 0.3 is 5.97 Å². The second kappa shape index (κ2) is 6.28. The molecule has 110 valence electrons. The van der Waals surface area contributed by atoms with Crippen LogP contribution in [0.5, 0.6) is 5.75 Å². The van der Waals surface area contributed by atoms with E-state index in [1.165, 1.54) is 6.92 Å². The van der Waals surface area contributed by atoms with Gasteiger partial charge in [-0.3, -0.25) is 4.79 Å². The number of azide groups is 1. The van der Waals surface area contributed by atoms with E-state index in [2.05, 4.69) is 10.0 Å². The Kier molecular flexibility index (Phi) is 4.45. The van der Waals surface area contributed by atoms with Crippen molar-refractivity contribution in [1.82, 2.24) is 0 Å². The van der Waals surface area contributed by atoms with Crippen LogP contribution in [0.3, 0.4) is 0 Å². The lowest BCUT2D eigenvalue weighted by Crippen LogP contribution is -2.27. The van der Waals surface area contributed by atoms with Crippen LogP contribution in [0.25, 0.3) is 10.4 Å². The van der Waals surface area contributed by atoms with Gasteiger partial charge in [0, 0.05) is 16.9 Å². The molecule has 1 aliphatic heterocycles. The number of esters is 1. The molecule has 0 spiro atoms. The van der Waals surface area contributed by atoms with Crippen molar-refractivity contribution in [2.45, 2.75) is 32.4 Å². The van der Waals surface area contributed by atoms with Crippen LogP contribution in [0.1, 0.15) is 29.8 Å². The molecular weight excluding hydrogens is 274 g/mol. The molecule has 1 aromatic rings. The number of ketones is 1. The predicted octanol–water partition coefficient (Wildman–Crippen LogP) is 2.43. The smallest absolute Gasteiger partial charge is 0.347 e. The fourth-order valence-electron chi connectivity index (χ4n) is 2.14. The number of Topliss-reactive ketones (excluding diaryl/α,β-unsaturated/α-hetero) is 1. The number of rotatable bonds is 5. The van der Waals surface area contributed by atoms with Crippen LogP contribution in [0.15, 0.2) is 23.3 Å². The van der Waals surface area contributed by atoms with E-state index in [-0.39, 0.29) is 5.78 Å². The SMILES string of the molecule is CCOC(=O)C1Cc2cc(C(=O)C(C)N=[N+]=[N-])ccc2O1. The lowest BCUT2D eigenvalue weighted by molar-refractivity contribution is -0.150. The fourth-order valence-corrected chi connectivity index (χ4v) is 2.14. The minimum Gasteiger partial charge on any atom is -0.478 e. The molecule has 0 aromatic heterocycles.